The molecule has 5 heteroatoms. The van der Waals surface area contributed by atoms with Crippen molar-refractivity contribution in [3.63, 3.8) is 0 Å². The van der Waals surface area contributed by atoms with Gasteiger partial charge in [0.05, 0.1) is 17.8 Å². The summed E-state index contributed by atoms with van der Waals surface area (Å²) in [4.78, 5) is 16.0. The summed E-state index contributed by atoms with van der Waals surface area (Å²) in [5, 5.41) is 21.4. The lowest BCUT2D eigenvalue weighted by Crippen LogP contribution is -2.23. The van der Waals surface area contributed by atoms with Gasteiger partial charge in [-0.15, -0.1) is 0 Å². The Labute approximate surface area is 110 Å². The molecule has 0 bridgehead atoms. The maximum Gasteiger partial charge on any atom is 0.255 e. The van der Waals surface area contributed by atoms with Crippen LogP contribution in [0, 0.1) is 6.92 Å². The summed E-state index contributed by atoms with van der Waals surface area (Å²) in [6.45, 7) is 2.19. The molecule has 1 heterocycles. The molecule has 0 fully saturated rings. The molecule has 2 rings (SSSR count). The van der Waals surface area contributed by atoms with E-state index in [9.17, 15) is 9.90 Å². The van der Waals surface area contributed by atoms with Gasteiger partial charge in [-0.1, -0.05) is 6.07 Å². The number of amides is 1. The minimum Gasteiger partial charge on any atom is -0.508 e. The molecule has 0 radical (unpaired) electrons. The second-order valence-electron chi connectivity index (χ2n) is 4.15. The van der Waals surface area contributed by atoms with Crippen molar-refractivity contribution in [3.8, 4) is 11.5 Å². The van der Waals surface area contributed by atoms with Crippen molar-refractivity contribution >= 4 is 5.91 Å². The third kappa shape index (κ3) is 3.01. The molecule has 0 saturated carbocycles. The summed E-state index contributed by atoms with van der Waals surface area (Å²) in [6.07, 6.45) is 1.66. The molecule has 1 amide bonds. The van der Waals surface area contributed by atoms with Crippen molar-refractivity contribution in [2.45, 2.75) is 13.5 Å². The molecule has 0 aliphatic rings. The molecular weight excluding hydrogens is 244 g/mol. The van der Waals surface area contributed by atoms with E-state index in [-0.39, 0.29) is 23.6 Å². The summed E-state index contributed by atoms with van der Waals surface area (Å²) in [5.74, 6) is -0.757. The molecule has 19 heavy (non-hydrogen) atoms. The fourth-order valence-corrected chi connectivity index (χ4v) is 1.67. The maximum absolute atomic E-state index is 11.9. The van der Waals surface area contributed by atoms with E-state index in [1.54, 1.807) is 6.20 Å². The average Bonchev–Trinajstić information content (AvgIpc) is 2.37. The molecule has 1 aromatic heterocycles. The number of phenols is 2. The highest BCUT2D eigenvalue weighted by Crippen LogP contribution is 2.22. The molecule has 0 aliphatic heterocycles. The van der Waals surface area contributed by atoms with Crippen LogP contribution in [0.3, 0.4) is 0 Å². The largest absolute Gasteiger partial charge is 0.508 e. The zero-order chi connectivity index (χ0) is 13.8. The van der Waals surface area contributed by atoms with Crippen LogP contribution >= 0.6 is 0 Å². The van der Waals surface area contributed by atoms with Crippen molar-refractivity contribution in [2.24, 2.45) is 0 Å². The van der Waals surface area contributed by atoms with E-state index in [0.29, 0.717) is 0 Å². The van der Waals surface area contributed by atoms with E-state index in [4.69, 9.17) is 5.11 Å². The van der Waals surface area contributed by atoms with E-state index in [2.05, 4.69) is 10.3 Å². The molecular formula is C14H14N2O3. The van der Waals surface area contributed by atoms with Crippen molar-refractivity contribution < 1.29 is 15.0 Å². The number of carbonyl (C=O) groups is 1. The first-order chi connectivity index (χ1) is 9.08. The van der Waals surface area contributed by atoms with Crippen LogP contribution in [0.25, 0.3) is 0 Å². The highest BCUT2D eigenvalue weighted by atomic mass is 16.3. The Bertz CT molecular complexity index is 611. The number of nitrogens with zero attached hydrogens (tertiary/aromatic N) is 1. The highest BCUT2D eigenvalue weighted by Gasteiger charge is 2.11. The van der Waals surface area contributed by atoms with Gasteiger partial charge in [0.25, 0.3) is 5.91 Å². The molecule has 5 nitrogen and oxygen atoms in total. The van der Waals surface area contributed by atoms with Gasteiger partial charge in [0.15, 0.2) is 0 Å². The normalized spacial score (nSPS) is 10.2. The van der Waals surface area contributed by atoms with Crippen LogP contribution < -0.4 is 5.32 Å². The zero-order valence-corrected chi connectivity index (χ0v) is 10.4. The molecule has 2 aromatic rings. The smallest absolute Gasteiger partial charge is 0.255 e. The van der Waals surface area contributed by atoms with Crippen LogP contribution in [0.5, 0.6) is 11.5 Å². The molecule has 1 aromatic carbocycles. The Balaban J connectivity index is 2.08. The van der Waals surface area contributed by atoms with Crippen LogP contribution in [-0.2, 0) is 6.54 Å². The first-order valence-electron chi connectivity index (χ1n) is 5.78. The number of benzene rings is 1. The number of rotatable bonds is 3. The van der Waals surface area contributed by atoms with Crippen LogP contribution in [0.2, 0.25) is 0 Å². The Kier molecular flexibility index (Phi) is 3.66. The van der Waals surface area contributed by atoms with Gasteiger partial charge < -0.3 is 15.5 Å². The number of nitrogens with one attached hydrogen (secondary N) is 1. The van der Waals surface area contributed by atoms with Gasteiger partial charge in [-0.05, 0) is 30.7 Å². The molecule has 0 atom stereocenters. The van der Waals surface area contributed by atoms with Gasteiger partial charge in [0.2, 0.25) is 0 Å². The van der Waals surface area contributed by atoms with Crippen LogP contribution in [-0.4, -0.2) is 21.1 Å². The number of aromatic nitrogens is 1. The minimum absolute atomic E-state index is 0.0883. The van der Waals surface area contributed by atoms with E-state index in [1.165, 1.54) is 12.1 Å². The number of hydrogen-bond donors (Lipinski definition) is 3. The fourth-order valence-electron chi connectivity index (χ4n) is 1.67. The van der Waals surface area contributed by atoms with Crippen LogP contribution in [0.1, 0.15) is 21.6 Å². The lowest BCUT2D eigenvalue weighted by Gasteiger charge is -2.08. The number of hydrogen-bond acceptors (Lipinski definition) is 4. The van der Waals surface area contributed by atoms with Gasteiger partial charge in [-0.2, -0.15) is 0 Å². The number of carbonyl (C=O) groups excluding carboxylic acids is 1. The third-order valence-electron chi connectivity index (χ3n) is 2.76. The Morgan fingerprint density at radius 1 is 1.32 bits per heavy atom. The Morgan fingerprint density at radius 2 is 2.11 bits per heavy atom. The summed E-state index contributed by atoms with van der Waals surface area (Å²) >= 11 is 0. The van der Waals surface area contributed by atoms with Gasteiger partial charge in [-0.25, -0.2) is 0 Å². The number of aryl methyl sites for hydroxylation is 1. The Morgan fingerprint density at radius 3 is 2.79 bits per heavy atom. The maximum atomic E-state index is 11.9. The molecule has 98 valence electrons. The summed E-state index contributed by atoms with van der Waals surface area (Å²) in [5.41, 5.74) is 1.87. The van der Waals surface area contributed by atoms with Crippen molar-refractivity contribution in [3.05, 3.63) is 53.3 Å². The zero-order valence-electron chi connectivity index (χ0n) is 10.4. The number of pyridine rings is 1. The van der Waals surface area contributed by atoms with Crippen molar-refractivity contribution in [2.75, 3.05) is 0 Å². The van der Waals surface area contributed by atoms with Gasteiger partial charge in [0, 0.05) is 12.3 Å². The summed E-state index contributed by atoms with van der Waals surface area (Å²) in [6, 6.07) is 7.58. The third-order valence-corrected chi connectivity index (χ3v) is 2.76. The predicted octanol–water partition coefficient (Wildman–Crippen LogP) is 1.73. The molecule has 3 N–H and O–H groups in total. The summed E-state index contributed by atoms with van der Waals surface area (Å²) in [7, 11) is 0. The predicted molar refractivity (Wildman–Crippen MR) is 69.9 cm³/mol. The summed E-state index contributed by atoms with van der Waals surface area (Å²) < 4.78 is 0. The van der Waals surface area contributed by atoms with E-state index < -0.39 is 5.91 Å². The average molecular weight is 258 g/mol. The number of phenolic OH excluding ortho intramolecular Hbond substituents is 2. The SMILES string of the molecule is Cc1cccnc1CNC(=O)c1ccc(O)cc1O. The van der Waals surface area contributed by atoms with Gasteiger partial charge in [-0.3, -0.25) is 9.78 Å². The first kappa shape index (κ1) is 12.9. The fraction of sp³-hybridized carbons (Fsp3) is 0.143. The van der Waals surface area contributed by atoms with Crippen molar-refractivity contribution in [1.29, 1.82) is 0 Å². The molecule has 0 spiro atoms. The van der Waals surface area contributed by atoms with Crippen LogP contribution in [0.4, 0.5) is 0 Å². The van der Waals surface area contributed by atoms with Gasteiger partial charge in [0.1, 0.15) is 11.5 Å². The lowest BCUT2D eigenvalue weighted by atomic mass is 10.1. The highest BCUT2D eigenvalue weighted by molar-refractivity contribution is 5.96. The Hall–Kier alpha value is -2.56. The van der Waals surface area contributed by atoms with Crippen molar-refractivity contribution in [1.82, 2.24) is 10.3 Å². The van der Waals surface area contributed by atoms with E-state index >= 15 is 0 Å². The number of aromatic hydroxyl groups is 2. The lowest BCUT2D eigenvalue weighted by molar-refractivity contribution is 0.0947. The van der Waals surface area contributed by atoms with E-state index in [1.807, 2.05) is 19.1 Å². The monoisotopic (exact) mass is 258 g/mol. The molecule has 0 aliphatic carbocycles. The minimum atomic E-state index is -0.414. The quantitative estimate of drug-likeness (QED) is 0.783. The molecule has 0 saturated heterocycles. The van der Waals surface area contributed by atoms with Crippen LogP contribution in [0.15, 0.2) is 36.5 Å². The molecule has 0 unspecified atom stereocenters. The topological polar surface area (TPSA) is 82.5 Å². The standard InChI is InChI=1S/C14H14N2O3/c1-9-3-2-6-15-12(9)8-16-14(19)11-5-4-10(17)7-13(11)18/h2-7,17-18H,8H2,1H3,(H,16,19). The van der Waals surface area contributed by atoms with Gasteiger partial charge >= 0.3 is 0 Å². The second-order valence-corrected chi connectivity index (χ2v) is 4.15. The second kappa shape index (κ2) is 5.39. The first-order valence-corrected chi connectivity index (χ1v) is 5.78. The van der Waals surface area contributed by atoms with E-state index in [0.717, 1.165) is 17.3 Å².